The first-order chi connectivity index (χ1) is 12.7. The zero-order valence-corrected chi connectivity index (χ0v) is 16.3. The smallest absolute Gasteiger partial charge is 0.192 e. The molecule has 0 saturated heterocycles. The molecule has 1 unspecified atom stereocenters. The molecule has 0 amide bonds. The summed E-state index contributed by atoms with van der Waals surface area (Å²) < 4.78 is 10.8. The molecule has 1 heterocycles. The van der Waals surface area contributed by atoms with Crippen molar-refractivity contribution >= 4 is 17.3 Å². The van der Waals surface area contributed by atoms with Gasteiger partial charge in [-0.1, -0.05) is 12.1 Å². The second-order valence-electron chi connectivity index (χ2n) is 5.63. The molecule has 3 N–H and O–H groups in total. The average Bonchev–Trinajstić information content (AvgIpc) is 3.19. The standard InChI is InChI=1S/C19H27N3O3S/c1-4-20-19(22-14(2)18-6-5-11-26-18)21-13-15-7-8-16(25-10-9-23)17(12-15)24-3/h5-8,11-12,14,23H,4,9-10,13H2,1-3H3,(H2,20,21,22). The summed E-state index contributed by atoms with van der Waals surface area (Å²) >= 11 is 1.73. The van der Waals surface area contributed by atoms with Crippen molar-refractivity contribution in [1.29, 1.82) is 0 Å². The van der Waals surface area contributed by atoms with E-state index in [1.165, 1.54) is 4.88 Å². The third-order valence-electron chi connectivity index (χ3n) is 3.66. The summed E-state index contributed by atoms with van der Waals surface area (Å²) in [4.78, 5) is 5.93. The van der Waals surface area contributed by atoms with Crippen LogP contribution in [0.25, 0.3) is 0 Å². The molecule has 0 spiro atoms. The zero-order chi connectivity index (χ0) is 18.8. The van der Waals surface area contributed by atoms with Crippen LogP contribution in [-0.2, 0) is 6.54 Å². The van der Waals surface area contributed by atoms with Gasteiger partial charge in [0, 0.05) is 11.4 Å². The molecule has 142 valence electrons. The fourth-order valence-electron chi connectivity index (χ4n) is 2.39. The van der Waals surface area contributed by atoms with Crippen LogP contribution < -0.4 is 20.1 Å². The molecule has 0 bridgehead atoms. The van der Waals surface area contributed by atoms with Crippen molar-refractivity contribution in [2.75, 3.05) is 26.9 Å². The molecule has 0 fully saturated rings. The number of hydrogen-bond acceptors (Lipinski definition) is 5. The number of aliphatic hydroxyl groups is 1. The van der Waals surface area contributed by atoms with E-state index in [1.54, 1.807) is 18.4 Å². The van der Waals surface area contributed by atoms with Crippen LogP contribution in [0.1, 0.15) is 30.3 Å². The monoisotopic (exact) mass is 377 g/mol. The van der Waals surface area contributed by atoms with Gasteiger partial charge in [-0.05, 0) is 43.0 Å². The van der Waals surface area contributed by atoms with Gasteiger partial charge >= 0.3 is 0 Å². The van der Waals surface area contributed by atoms with Crippen LogP contribution >= 0.6 is 11.3 Å². The Labute approximate surface area is 158 Å². The van der Waals surface area contributed by atoms with Gasteiger partial charge in [-0.2, -0.15) is 0 Å². The van der Waals surface area contributed by atoms with E-state index in [0.717, 1.165) is 18.1 Å². The first kappa shape index (κ1) is 20.1. The lowest BCUT2D eigenvalue weighted by Gasteiger charge is -2.17. The fraction of sp³-hybridized carbons (Fsp3) is 0.421. The molecule has 26 heavy (non-hydrogen) atoms. The SMILES string of the molecule is CCNC(=NCc1ccc(OCCO)c(OC)c1)NC(C)c1cccs1. The number of nitrogens with one attached hydrogen (secondary N) is 2. The Kier molecular flexibility index (Phi) is 8.24. The number of guanidine groups is 1. The lowest BCUT2D eigenvalue weighted by atomic mass is 10.2. The Morgan fingerprint density at radius 1 is 1.31 bits per heavy atom. The van der Waals surface area contributed by atoms with Crippen LogP contribution in [-0.4, -0.2) is 37.9 Å². The maximum absolute atomic E-state index is 8.89. The number of ether oxygens (including phenoxy) is 2. The zero-order valence-electron chi connectivity index (χ0n) is 15.5. The van der Waals surface area contributed by atoms with Crippen molar-refractivity contribution in [3.8, 4) is 11.5 Å². The summed E-state index contributed by atoms with van der Waals surface area (Å²) in [6.45, 7) is 5.68. The maximum atomic E-state index is 8.89. The summed E-state index contributed by atoms with van der Waals surface area (Å²) in [5.41, 5.74) is 1.01. The highest BCUT2D eigenvalue weighted by atomic mass is 32.1. The van der Waals surface area contributed by atoms with Crippen molar-refractivity contribution in [3.63, 3.8) is 0 Å². The highest BCUT2D eigenvalue weighted by molar-refractivity contribution is 7.10. The number of nitrogens with zero attached hydrogens (tertiary/aromatic N) is 1. The van der Waals surface area contributed by atoms with Crippen LogP contribution in [0.4, 0.5) is 0 Å². The highest BCUT2D eigenvalue weighted by Crippen LogP contribution is 2.28. The first-order valence-corrected chi connectivity index (χ1v) is 9.54. The van der Waals surface area contributed by atoms with E-state index in [0.29, 0.717) is 18.0 Å². The lowest BCUT2D eigenvalue weighted by molar-refractivity contribution is 0.196. The summed E-state index contributed by atoms with van der Waals surface area (Å²) in [6.07, 6.45) is 0. The molecule has 2 aromatic rings. The molecular weight excluding hydrogens is 350 g/mol. The molecule has 7 heteroatoms. The highest BCUT2D eigenvalue weighted by Gasteiger charge is 2.09. The van der Waals surface area contributed by atoms with Gasteiger partial charge in [0.25, 0.3) is 0 Å². The van der Waals surface area contributed by atoms with Crippen molar-refractivity contribution in [1.82, 2.24) is 10.6 Å². The van der Waals surface area contributed by atoms with Gasteiger partial charge in [0.15, 0.2) is 17.5 Å². The molecule has 1 atom stereocenters. The van der Waals surface area contributed by atoms with Crippen LogP contribution in [0, 0.1) is 0 Å². The van der Waals surface area contributed by atoms with Gasteiger partial charge in [0.05, 0.1) is 26.3 Å². The van der Waals surface area contributed by atoms with Crippen molar-refractivity contribution < 1.29 is 14.6 Å². The van der Waals surface area contributed by atoms with Gasteiger partial charge in [0.1, 0.15) is 6.61 Å². The van der Waals surface area contributed by atoms with Crippen LogP contribution in [0.3, 0.4) is 0 Å². The number of hydrogen-bond donors (Lipinski definition) is 3. The molecule has 2 rings (SSSR count). The summed E-state index contributed by atoms with van der Waals surface area (Å²) in [7, 11) is 1.60. The van der Waals surface area contributed by atoms with Crippen LogP contribution in [0.15, 0.2) is 40.7 Å². The van der Waals surface area contributed by atoms with Gasteiger partial charge in [-0.15, -0.1) is 11.3 Å². The Morgan fingerprint density at radius 3 is 2.81 bits per heavy atom. The number of benzene rings is 1. The molecule has 0 aliphatic rings. The minimum absolute atomic E-state index is 0.0324. The van der Waals surface area contributed by atoms with Crippen LogP contribution in [0.2, 0.25) is 0 Å². The van der Waals surface area contributed by atoms with Crippen LogP contribution in [0.5, 0.6) is 11.5 Å². The van der Waals surface area contributed by atoms with E-state index in [1.807, 2.05) is 25.1 Å². The summed E-state index contributed by atoms with van der Waals surface area (Å²) in [5.74, 6) is 2.02. The topological polar surface area (TPSA) is 75.1 Å². The molecule has 1 aromatic heterocycles. The van der Waals surface area contributed by atoms with Crippen molar-refractivity contribution in [2.45, 2.75) is 26.4 Å². The Bertz CT molecular complexity index is 689. The van der Waals surface area contributed by atoms with Crippen molar-refractivity contribution in [2.24, 2.45) is 4.99 Å². The quantitative estimate of drug-likeness (QED) is 0.463. The summed E-state index contributed by atoms with van der Waals surface area (Å²) in [5, 5.41) is 17.7. The van der Waals surface area contributed by atoms with E-state index in [2.05, 4.69) is 40.1 Å². The van der Waals surface area contributed by atoms with Gasteiger partial charge < -0.3 is 25.2 Å². The predicted molar refractivity (Wildman–Crippen MR) is 106 cm³/mol. The minimum Gasteiger partial charge on any atom is -0.493 e. The van der Waals surface area contributed by atoms with Gasteiger partial charge in [0.2, 0.25) is 0 Å². The Morgan fingerprint density at radius 2 is 2.15 bits per heavy atom. The number of aliphatic imine (C=N–C) groups is 1. The fourth-order valence-corrected chi connectivity index (χ4v) is 3.12. The normalized spacial score (nSPS) is 12.5. The lowest BCUT2D eigenvalue weighted by Crippen LogP contribution is -2.38. The minimum atomic E-state index is -0.0324. The van der Waals surface area contributed by atoms with E-state index in [4.69, 9.17) is 14.6 Å². The third-order valence-corrected chi connectivity index (χ3v) is 4.72. The van der Waals surface area contributed by atoms with Crippen molar-refractivity contribution in [3.05, 3.63) is 46.2 Å². The third kappa shape index (κ3) is 5.93. The van der Waals surface area contributed by atoms with E-state index < -0.39 is 0 Å². The second kappa shape index (κ2) is 10.7. The summed E-state index contributed by atoms with van der Waals surface area (Å²) in [6, 6.07) is 10.1. The maximum Gasteiger partial charge on any atom is 0.192 e. The van der Waals surface area contributed by atoms with Gasteiger partial charge in [-0.3, -0.25) is 0 Å². The Balaban J connectivity index is 2.06. The first-order valence-electron chi connectivity index (χ1n) is 8.66. The Hall–Kier alpha value is -2.25. The predicted octanol–water partition coefficient (Wildman–Crippen LogP) is 2.94. The number of methoxy groups -OCH3 is 1. The number of thiophene rings is 1. The van der Waals surface area contributed by atoms with E-state index >= 15 is 0 Å². The molecule has 1 aromatic carbocycles. The molecule has 0 aliphatic heterocycles. The molecular formula is C19H27N3O3S. The molecule has 0 radical (unpaired) electrons. The van der Waals surface area contributed by atoms with E-state index in [9.17, 15) is 0 Å². The molecule has 0 aliphatic carbocycles. The molecule has 6 nitrogen and oxygen atoms in total. The number of aliphatic hydroxyl groups excluding tert-OH is 1. The largest absolute Gasteiger partial charge is 0.493 e. The number of rotatable bonds is 9. The van der Waals surface area contributed by atoms with E-state index in [-0.39, 0.29) is 19.3 Å². The molecule has 0 saturated carbocycles. The second-order valence-corrected chi connectivity index (χ2v) is 6.61. The average molecular weight is 378 g/mol. The van der Waals surface area contributed by atoms with Gasteiger partial charge in [-0.25, -0.2) is 4.99 Å².